The van der Waals surface area contributed by atoms with E-state index in [1.165, 1.54) is 0 Å². The highest BCUT2D eigenvalue weighted by Crippen LogP contribution is 2.11. The molecule has 0 aliphatic carbocycles. The Morgan fingerprint density at radius 1 is 1.23 bits per heavy atom. The van der Waals surface area contributed by atoms with Crippen molar-refractivity contribution in [3.63, 3.8) is 0 Å². The second kappa shape index (κ2) is 10.6. The molecule has 7 nitrogen and oxygen atoms in total. The summed E-state index contributed by atoms with van der Waals surface area (Å²) in [5, 5.41) is 0. The van der Waals surface area contributed by atoms with Gasteiger partial charge in [-0.15, -0.1) is 24.0 Å². The lowest BCUT2D eigenvalue weighted by molar-refractivity contribution is 0.0200. The second-order valence-electron chi connectivity index (χ2n) is 5.63. The second-order valence-corrected chi connectivity index (χ2v) is 7.55. The number of halogens is 1. The minimum atomic E-state index is -3.30. The van der Waals surface area contributed by atoms with E-state index in [4.69, 9.17) is 4.74 Å². The first-order valence-electron chi connectivity index (χ1n) is 7.30. The summed E-state index contributed by atoms with van der Waals surface area (Å²) in [5.41, 5.74) is 0. The molecule has 0 saturated carbocycles. The van der Waals surface area contributed by atoms with Crippen LogP contribution in [-0.2, 0) is 14.8 Å². The summed E-state index contributed by atoms with van der Waals surface area (Å²) in [6.07, 6.45) is 3.10. The molecule has 132 valence electrons. The van der Waals surface area contributed by atoms with Crippen molar-refractivity contribution in [2.45, 2.75) is 25.4 Å². The lowest BCUT2D eigenvalue weighted by Gasteiger charge is -2.23. The summed E-state index contributed by atoms with van der Waals surface area (Å²) in [6, 6.07) is 0. The molecule has 1 fully saturated rings. The summed E-state index contributed by atoms with van der Waals surface area (Å²) >= 11 is 0. The summed E-state index contributed by atoms with van der Waals surface area (Å²) < 4.78 is 32.0. The van der Waals surface area contributed by atoms with Crippen LogP contribution >= 0.6 is 24.0 Å². The van der Waals surface area contributed by atoms with Crippen molar-refractivity contribution in [3.05, 3.63) is 0 Å². The van der Waals surface area contributed by atoms with E-state index in [2.05, 4.69) is 9.71 Å². The van der Waals surface area contributed by atoms with Gasteiger partial charge in [0.05, 0.1) is 18.4 Å². The minimum Gasteiger partial charge on any atom is -0.377 e. The summed E-state index contributed by atoms with van der Waals surface area (Å²) in [7, 11) is 4.22. The highest BCUT2D eigenvalue weighted by atomic mass is 127. The number of hydrogen-bond donors (Lipinski definition) is 1. The Kier molecular flexibility index (Phi) is 10.5. The Bertz CT molecular complexity index is 425. The van der Waals surface area contributed by atoms with Crippen LogP contribution in [0.1, 0.15) is 19.3 Å². The monoisotopic (exact) mass is 448 g/mol. The first kappa shape index (κ1) is 21.9. The Labute approximate surface area is 151 Å². The molecule has 22 heavy (non-hydrogen) atoms. The van der Waals surface area contributed by atoms with E-state index in [1.807, 2.05) is 38.0 Å². The zero-order valence-electron chi connectivity index (χ0n) is 13.9. The van der Waals surface area contributed by atoms with Crippen molar-refractivity contribution in [1.29, 1.82) is 0 Å². The molecule has 0 aromatic rings. The first-order valence-corrected chi connectivity index (χ1v) is 8.95. The van der Waals surface area contributed by atoms with Gasteiger partial charge in [0.25, 0.3) is 0 Å². The molecule has 1 aliphatic rings. The highest BCUT2D eigenvalue weighted by molar-refractivity contribution is 14.0. The molecular weight excluding hydrogens is 419 g/mol. The largest absolute Gasteiger partial charge is 0.377 e. The van der Waals surface area contributed by atoms with Crippen LogP contribution in [0.4, 0.5) is 0 Å². The number of guanidine groups is 1. The topological polar surface area (TPSA) is 74.2 Å². The molecular formula is C13H29IN4O3S. The van der Waals surface area contributed by atoms with E-state index < -0.39 is 10.0 Å². The summed E-state index contributed by atoms with van der Waals surface area (Å²) in [6.45, 7) is 1.33. The zero-order chi connectivity index (χ0) is 15.9. The third-order valence-corrected chi connectivity index (χ3v) is 4.54. The van der Waals surface area contributed by atoms with Crippen molar-refractivity contribution in [1.82, 2.24) is 14.5 Å². The number of ether oxygens (including phenoxy) is 1. The lowest BCUT2D eigenvalue weighted by Crippen LogP contribution is -2.38. The molecule has 0 aromatic carbocycles. The molecule has 1 rings (SSSR count). The van der Waals surface area contributed by atoms with E-state index >= 15 is 0 Å². The number of nitrogens with one attached hydrogen (secondary N) is 1. The minimum absolute atomic E-state index is 0. The fourth-order valence-electron chi connectivity index (χ4n) is 2.21. The van der Waals surface area contributed by atoms with Crippen LogP contribution in [0.25, 0.3) is 0 Å². The molecule has 9 heteroatoms. The van der Waals surface area contributed by atoms with Gasteiger partial charge >= 0.3 is 0 Å². The maximum Gasteiger partial charge on any atom is 0.213 e. The molecule has 1 saturated heterocycles. The molecule has 0 radical (unpaired) electrons. The third-order valence-electron chi connectivity index (χ3n) is 3.22. The Balaban J connectivity index is 0.00000441. The van der Waals surface area contributed by atoms with Crippen LogP contribution in [0, 0.1) is 0 Å². The van der Waals surface area contributed by atoms with Gasteiger partial charge in [-0.05, 0) is 19.3 Å². The van der Waals surface area contributed by atoms with Gasteiger partial charge in [0.15, 0.2) is 5.96 Å². The quantitative estimate of drug-likeness (QED) is 0.366. The molecule has 0 aromatic heterocycles. The Morgan fingerprint density at radius 3 is 2.36 bits per heavy atom. The predicted octanol–water partition coefficient (Wildman–Crippen LogP) is 0.572. The van der Waals surface area contributed by atoms with Crippen LogP contribution in [0.2, 0.25) is 0 Å². The van der Waals surface area contributed by atoms with Gasteiger partial charge in [0, 0.05) is 41.3 Å². The van der Waals surface area contributed by atoms with Gasteiger partial charge in [0.1, 0.15) is 0 Å². The van der Waals surface area contributed by atoms with Gasteiger partial charge in [-0.2, -0.15) is 0 Å². The van der Waals surface area contributed by atoms with Crippen molar-refractivity contribution >= 4 is 40.0 Å². The normalized spacial score (nSPS) is 18.3. The van der Waals surface area contributed by atoms with Crippen molar-refractivity contribution in [2.75, 3.05) is 53.6 Å². The standard InChI is InChI=1S/C13H28N4O3S.HI/c1-16(2)13(17(3)4)14-8-10-21(18,19)15-11-12-7-5-6-9-20-12;/h12,15H,5-11H2,1-4H3;1H. The number of nitrogens with zero attached hydrogens (tertiary/aromatic N) is 3. The van der Waals surface area contributed by atoms with Crippen molar-refractivity contribution in [2.24, 2.45) is 4.99 Å². The van der Waals surface area contributed by atoms with Crippen LogP contribution in [0.3, 0.4) is 0 Å². The molecule has 1 atom stereocenters. The van der Waals surface area contributed by atoms with E-state index in [-0.39, 0.29) is 42.4 Å². The van der Waals surface area contributed by atoms with E-state index in [1.54, 1.807) is 0 Å². The van der Waals surface area contributed by atoms with Gasteiger partial charge in [-0.3, -0.25) is 4.99 Å². The van der Waals surface area contributed by atoms with Crippen molar-refractivity contribution < 1.29 is 13.2 Å². The van der Waals surface area contributed by atoms with Crippen LogP contribution in [0.5, 0.6) is 0 Å². The van der Waals surface area contributed by atoms with Crippen LogP contribution in [0.15, 0.2) is 4.99 Å². The molecule has 1 aliphatic heterocycles. The maximum absolute atomic E-state index is 11.9. The number of sulfonamides is 1. The van der Waals surface area contributed by atoms with Crippen LogP contribution in [-0.4, -0.2) is 83.9 Å². The Hall–Kier alpha value is -0.130. The fourth-order valence-corrected chi connectivity index (χ4v) is 3.12. The SMILES string of the molecule is CN(C)C(=NCCS(=O)(=O)NCC1CCCCO1)N(C)C.I. The third kappa shape index (κ3) is 8.49. The predicted molar refractivity (Wildman–Crippen MR) is 100 cm³/mol. The van der Waals surface area contributed by atoms with Gasteiger partial charge < -0.3 is 14.5 Å². The summed E-state index contributed by atoms with van der Waals surface area (Å²) in [5.74, 6) is 0.742. The first-order chi connectivity index (χ1) is 9.82. The number of aliphatic imine (C=N–C) groups is 1. The zero-order valence-corrected chi connectivity index (χ0v) is 17.1. The molecule has 0 bridgehead atoms. The average molecular weight is 448 g/mol. The van der Waals surface area contributed by atoms with Crippen LogP contribution < -0.4 is 4.72 Å². The smallest absolute Gasteiger partial charge is 0.213 e. The van der Waals surface area contributed by atoms with E-state index in [0.717, 1.165) is 31.8 Å². The highest BCUT2D eigenvalue weighted by Gasteiger charge is 2.17. The number of rotatable bonds is 6. The summed E-state index contributed by atoms with van der Waals surface area (Å²) in [4.78, 5) is 8.03. The van der Waals surface area contributed by atoms with Gasteiger partial charge in [-0.1, -0.05) is 0 Å². The Morgan fingerprint density at radius 2 is 1.86 bits per heavy atom. The molecule has 1 N–H and O–H groups in total. The van der Waals surface area contributed by atoms with Gasteiger partial charge in [-0.25, -0.2) is 13.1 Å². The fraction of sp³-hybridized carbons (Fsp3) is 0.923. The van der Waals surface area contributed by atoms with E-state index in [0.29, 0.717) is 6.54 Å². The maximum atomic E-state index is 11.9. The van der Waals surface area contributed by atoms with E-state index in [9.17, 15) is 8.42 Å². The molecule has 0 amide bonds. The lowest BCUT2D eigenvalue weighted by atomic mass is 10.1. The molecule has 1 heterocycles. The van der Waals surface area contributed by atoms with Crippen molar-refractivity contribution in [3.8, 4) is 0 Å². The molecule has 1 unspecified atom stereocenters. The number of hydrogen-bond acceptors (Lipinski definition) is 4. The molecule has 0 spiro atoms. The average Bonchev–Trinajstić information content (AvgIpc) is 2.42. The van der Waals surface area contributed by atoms with Gasteiger partial charge in [0.2, 0.25) is 10.0 Å².